The molecule has 0 saturated heterocycles. The van der Waals surface area contributed by atoms with E-state index in [1.807, 2.05) is 0 Å². The molecule has 0 unspecified atom stereocenters. The molecular formula is C12H24N2O3. The third-order valence-corrected chi connectivity index (χ3v) is 2.69. The standard InChI is InChI=1S/C12H24N2O3/c1-9(2)6-10(8-13)7-11(15)14(3)5-4-12(16)17/h9-10H,4-8,13H2,1-3H3,(H,16,17)/t10-/m0/s1. The molecule has 0 heterocycles. The number of rotatable bonds is 8. The van der Waals surface area contributed by atoms with E-state index < -0.39 is 5.97 Å². The largest absolute Gasteiger partial charge is 0.481 e. The van der Waals surface area contributed by atoms with Crippen LogP contribution in [-0.4, -0.2) is 42.0 Å². The SMILES string of the molecule is CC(C)C[C@H](CN)CC(=O)N(C)CCC(=O)O. The number of carboxylic acid groups (broad SMARTS) is 1. The Morgan fingerprint density at radius 2 is 1.94 bits per heavy atom. The molecule has 0 bridgehead atoms. The van der Waals surface area contributed by atoms with Gasteiger partial charge in [-0.2, -0.15) is 0 Å². The van der Waals surface area contributed by atoms with Gasteiger partial charge in [-0.05, 0) is 24.8 Å². The lowest BCUT2D eigenvalue weighted by atomic mass is 9.94. The van der Waals surface area contributed by atoms with Crippen LogP contribution in [0.4, 0.5) is 0 Å². The van der Waals surface area contributed by atoms with E-state index >= 15 is 0 Å². The topological polar surface area (TPSA) is 83.6 Å². The zero-order valence-corrected chi connectivity index (χ0v) is 11.0. The third kappa shape index (κ3) is 7.74. The van der Waals surface area contributed by atoms with E-state index in [-0.39, 0.29) is 24.8 Å². The molecule has 0 aromatic carbocycles. The molecule has 100 valence electrons. The minimum atomic E-state index is -0.887. The van der Waals surface area contributed by atoms with E-state index in [1.165, 1.54) is 4.90 Å². The van der Waals surface area contributed by atoms with Crippen LogP contribution >= 0.6 is 0 Å². The van der Waals surface area contributed by atoms with Gasteiger partial charge in [-0.15, -0.1) is 0 Å². The van der Waals surface area contributed by atoms with Crippen LogP contribution < -0.4 is 5.73 Å². The summed E-state index contributed by atoms with van der Waals surface area (Å²) in [5.41, 5.74) is 5.63. The second-order valence-corrected chi connectivity index (χ2v) is 4.89. The molecule has 5 nitrogen and oxygen atoms in total. The van der Waals surface area contributed by atoms with Gasteiger partial charge < -0.3 is 15.7 Å². The van der Waals surface area contributed by atoms with Crippen LogP contribution in [0.2, 0.25) is 0 Å². The highest BCUT2D eigenvalue weighted by atomic mass is 16.4. The molecular weight excluding hydrogens is 220 g/mol. The summed E-state index contributed by atoms with van der Waals surface area (Å²) in [6.07, 6.45) is 1.32. The molecule has 0 rings (SSSR count). The van der Waals surface area contributed by atoms with E-state index in [9.17, 15) is 9.59 Å². The normalized spacial score (nSPS) is 12.5. The zero-order valence-electron chi connectivity index (χ0n) is 11.0. The highest BCUT2D eigenvalue weighted by Gasteiger charge is 2.17. The Bertz CT molecular complexity index is 254. The summed E-state index contributed by atoms with van der Waals surface area (Å²) in [4.78, 5) is 23.6. The molecule has 1 atom stereocenters. The van der Waals surface area contributed by atoms with Gasteiger partial charge in [0, 0.05) is 20.0 Å². The summed E-state index contributed by atoms with van der Waals surface area (Å²) in [5, 5.41) is 8.53. The van der Waals surface area contributed by atoms with Gasteiger partial charge in [-0.25, -0.2) is 0 Å². The van der Waals surface area contributed by atoms with E-state index in [0.29, 0.717) is 18.9 Å². The van der Waals surface area contributed by atoms with Gasteiger partial charge >= 0.3 is 5.97 Å². The number of nitrogens with zero attached hydrogens (tertiary/aromatic N) is 1. The maximum atomic E-state index is 11.8. The number of carbonyl (C=O) groups excluding carboxylic acids is 1. The predicted molar refractivity (Wildman–Crippen MR) is 66.5 cm³/mol. The Morgan fingerprint density at radius 1 is 1.35 bits per heavy atom. The average molecular weight is 244 g/mol. The van der Waals surface area contributed by atoms with Crippen molar-refractivity contribution in [3.63, 3.8) is 0 Å². The maximum Gasteiger partial charge on any atom is 0.305 e. The lowest BCUT2D eigenvalue weighted by Gasteiger charge is -2.21. The highest BCUT2D eigenvalue weighted by molar-refractivity contribution is 5.77. The van der Waals surface area contributed by atoms with Crippen molar-refractivity contribution in [1.82, 2.24) is 4.90 Å². The van der Waals surface area contributed by atoms with Crippen LogP contribution in [0.5, 0.6) is 0 Å². The van der Waals surface area contributed by atoms with Crippen LogP contribution in [0, 0.1) is 11.8 Å². The van der Waals surface area contributed by atoms with Gasteiger partial charge in [-0.3, -0.25) is 9.59 Å². The lowest BCUT2D eigenvalue weighted by Crippen LogP contribution is -2.32. The predicted octanol–water partition coefficient (Wildman–Crippen LogP) is 0.931. The van der Waals surface area contributed by atoms with Gasteiger partial charge in [0.2, 0.25) is 5.91 Å². The molecule has 0 fully saturated rings. The Hall–Kier alpha value is -1.10. The fraction of sp³-hybridized carbons (Fsp3) is 0.833. The number of carbonyl (C=O) groups is 2. The molecule has 0 spiro atoms. The fourth-order valence-corrected chi connectivity index (χ4v) is 1.72. The minimum Gasteiger partial charge on any atom is -0.481 e. The molecule has 0 saturated carbocycles. The molecule has 0 radical (unpaired) electrons. The molecule has 5 heteroatoms. The number of amides is 1. The fourth-order valence-electron chi connectivity index (χ4n) is 1.72. The second-order valence-electron chi connectivity index (χ2n) is 4.89. The molecule has 0 aliphatic heterocycles. The Morgan fingerprint density at radius 3 is 2.35 bits per heavy atom. The number of hydrogen-bond acceptors (Lipinski definition) is 3. The second kappa shape index (κ2) is 8.06. The first-order valence-electron chi connectivity index (χ1n) is 6.02. The number of hydrogen-bond donors (Lipinski definition) is 2. The third-order valence-electron chi connectivity index (χ3n) is 2.69. The van der Waals surface area contributed by atoms with Gasteiger partial charge in [0.05, 0.1) is 6.42 Å². The van der Waals surface area contributed by atoms with Crippen LogP contribution in [0.25, 0.3) is 0 Å². The van der Waals surface area contributed by atoms with Crippen molar-refractivity contribution in [3.05, 3.63) is 0 Å². The van der Waals surface area contributed by atoms with Crippen LogP contribution in [0.3, 0.4) is 0 Å². The summed E-state index contributed by atoms with van der Waals surface area (Å²) in [6, 6.07) is 0. The van der Waals surface area contributed by atoms with Crippen molar-refractivity contribution in [2.75, 3.05) is 20.1 Å². The van der Waals surface area contributed by atoms with Gasteiger partial charge in [0.25, 0.3) is 0 Å². The molecule has 3 N–H and O–H groups in total. The van der Waals surface area contributed by atoms with E-state index in [1.54, 1.807) is 7.05 Å². The molecule has 0 aliphatic rings. The van der Waals surface area contributed by atoms with Crippen LogP contribution in [-0.2, 0) is 9.59 Å². The summed E-state index contributed by atoms with van der Waals surface area (Å²) in [6.45, 7) is 4.95. The summed E-state index contributed by atoms with van der Waals surface area (Å²) >= 11 is 0. The van der Waals surface area contributed by atoms with Crippen molar-refractivity contribution in [2.45, 2.75) is 33.1 Å². The van der Waals surface area contributed by atoms with Crippen molar-refractivity contribution in [2.24, 2.45) is 17.6 Å². The monoisotopic (exact) mass is 244 g/mol. The van der Waals surface area contributed by atoms with Crippen molar-refractivity contribution in [1.29, 1.82) is 0 Å². The molecule has 0 aromatic rings. The van der Waals surface area contributed by atoms with Crippen molar-refractivity contribution in [3.8, 4) is 0 Å². The lowest BCUT2D eigenvalue weighted by molar-refractivity contribution is -0.138. The van der Waals surface area contributed by atoms with Gasteiger partial charge in [-0.1, -0.05) is 13.8 Å². The minimum absolute atomic E-state index is 0.0142. The van der Waals surface area contributed by atoms with Crippen LogP contribution in [0.1, 0.15) is 33.1 Å². The molecule has 17 heavy (non-hydrogen) atoms. The van der Waals surface area contributed by atoms with Crippen LogP contribution in [0.15, 0.2) is 0 Å². The van der Waals surface area contributed by atoms with E-state index in [4.69, 9.17) is 10.8 Å². The summed E-state index contributed by atoms with van der Waals surface area (Å²) in [5.74, 6) is -0.208. The zero-order chi connectivity index (χ0) is 13.4. The van der Waals surface area contributed by atoms with Gasteiger partial charge in [0.15, 0.2) is 0 Å². The molecule has 0 aliphatic carbocycles. The van der Waals surface area contributed by atoms with E-state index in [2.05, 4.69) is 13.8 Å². The van der Waals surface area contributed by atoms with Crippen molar-refractivity contribution < 1.29 is 14.7 Å². The first-order valence-corrected chi connectivity index (χ1v) is 6.02. The molecule has 1 amide bonds. The van der Waals surface area contributed by atoms with E-state index in [0.717, 1.165) is 6.42 Å². The first kappa shape index (κ1) is 15.9. The quantitative estimate of drug-likeness (QED) is 0.665. The summed E-state index contributed by atoms with van der Waals surface area (Å²) in [7, 11) is 1.63. The molecule has 0 aromatic heterocycles. The Labute approximate surface area is 103 Å². The average Bonchev–Trinajstić information content (AvgIpc) is 2.23. The van der Waals surface area contributed by atoms with Gasteiger partial charge in [0.1, 0.15) is 0 Å². The summed E-state index contributed by atoms with van der Waals surface area (Å²) < 4.78 is 0. The number of carboxylic acids is 1. The van der Waals surface area contributed by atoms with Crippen molar-refractivity contribution >= 4 is 11.9 Å². The smallest absolute Gasteiger partial charge is 0.305 e. The number of nitrogens with two attached hydrogens (primary N) is 1. The maximum absolute atomic E-state index is 11.8. The first-order chi connectivity index (χ1) is 7.86. The Balaban J connectivity index is 4.07. The Kier molecular flexibility index (Phi) is 7.54. The number of aliphatic carboxylic acids is 1. The highest BCUT2D eigenvalue weighted by Crippen LogP contribution is 2.15.